The molecule has 1 N–H and O–H groups in total. The van der Waals surface area contributed by atoms with Crippen molar-refractivity contribution in [2.45, 2.75) is 59.0 Å². The summed E-state index contributed by atoms with van der Waals surface area (Å²) >= 11 is 0. The van der Waals surface area contributed by atoms with E-state index in [1.165, 1.54) is 0 Å². The highest BCUT2D eigenvalue weighted by Gasteiger charge is 2.11. The van der Waals surface area contributed by atoms with Gasteiger partial charge < -0.3 is 9.84 Å². The lowest BCUT2D eigenvalue weighted by Gasteiger charge is -2.11. The molecule has 0 spiro atoms. The zero-order valence-corrected chi connectivity index (χ0v) is 10.2. The van der Waals surface area contributed by atoms with Gasteiger partial charge in [-0.25, -0.2) is 0 Å². The standard InChI is InChI=1S/C12H24O3/c1-4-6-11(13)9-12(14)15-8-7-10(3)5-2/h10-11,13H,4-9H2,1-3H3. The molecule has 15 heavy (non-hydrogen) atoms. The van der Waals surface area contributed by atoms with Crippen molar-refractivity contribution in [3.63, 3.8) is 0 Å². The van der Waals surface area contributed by atoms with Gasteiger partial charge in [-0.05, 0) is 18.8 Å². The van der Waals surface area contributed by atoms with E-state index >= 15 is 0 Å². The number of ether oxygens (including phenoxy) is 1. The van der Waals surface area contributed by atoms with Gasteiger partial charge in [0.2, 0.25) is 0 Å². The third kappa shape index (κ3) is 8.43. The summed E-state index contributed by atoms with van der Waals surface area (Å²) in [4.78, 5) is 11.2. The van der Waals surface area contributed by atoms with Crippen molar-refractivity contribution in [2.24, 2.45) is 5.92 Å². The first-order valence-electron chi connectivity index (χ1n) is 5.93. The third-order valence-electron chi connectivity index (χ3n) is 2.59. The molecule has 0 rings (SSSR count). The number of rotatable bonds is 8. The van der Waals surface area contributed by atoms with Crippen LogP contribution in [0.3, 0.4) is 0 Å². The number of esters is 1. The Morgan fingerprint density at radius 3 is 2.53 bits per heavy atom. The maximum absolute atomic E-state index is 11.2. The van der Waals surface area contributed by atoms with Crippen LogP contribution in [-0.2, 0) is 9.53 Å². The fourth-order valence-electron chi connectivity index (χ4n) is 1.26. The van der Waals surface area contributed by atoms with E-state index in [1.54, 1.807) is 0 Å². The SMILES string of the molecule is CCCC(O)CC(=O)OCCC(C)CC. The second-order valence-corrected chi connectivity index (χ2v) is 4.17. The summed E-state index contributed by atoms with van der Waals surface area (Å²) in [6.45, 7) is 6.72. The number of carbonyl (C=O) groups is 1. The van der Waals surface area contributed by atoms with E-state index in [9.17, 15) is 9.90 Å². The minimum absolute atomic E-state index is 0.133. The lowest BCUT2D eigenvalue weighted by molar-refractivity contribution is -0.146. The van der Waals surface area contributed by atoms with E-state index in [1.807, 2.05) is 6.92 Å². The molecule has 0 aliphatic carbocycles. The van der Waals surface area contributed by atoms with Crippen LogP contribution in [0.5, 0.6) is 0 Å². The maximum atomic E-state index is 11.2. The predicted molar refractivity (Wildman–Crippen MR) is 60.6 cm³/mol. The lowest BCUT2D eigenvalue weighted by Crippen LogP contribution is -2.16. The number of carbonyl (C=O) groups excluding carboxylic acids is 1. The van der Waals surface area contributed by atoms with E-state index in [2.05, 4.69) is 13.8 Å². The quantitative estimate of drug-likeness (QED) is 0.634. The number of hydrogen-bond donors (Lipinski definition) is 1. The van der Waals surface area contributed by atoms with Crippen molar-refractivity contribution in [1.29, 1.82) is 0 Å². The number of aliphatic hydroxyl groups is 1. The Morgan fingerprint density at radius 2 is 2.00 bits per heavy atom. The van der Waals surface area contributed by atoms with Crippen LogP contribution < -0.4 is 0 Å². The molecule has 90 valence electrons. The summed E-state index contributed by atoms with van der Waals surface area (Å²) in [5.41, 5.74) is 0. The van der Waals surface area contributed by atoms with Crippen LogP contribution in [0.1, 0.15) is 52.9 Å². The summed E-state index contributed by atoms with van der Waals surface area (Å²) in [6.07, 6.45) is 3.17. The molecule has 0 aliphatic heterocycles. The van der Waals surface area contributed by atoms with Crippen LogP contribution >= 0.6 is 0 Å². The van der Waals surface area contributed by atoms with Gasteiger partial charge in [0.1, 0.15) is 0 Å². The molecule has 3 nitrogen and oxygen atoms in total. The molecule has 0 aliphatic rings. The van der Waals surface area contributed by atoms with Crippen LogP contribution in [-0.4, -0.2) is 23.8 Å². The molecule has 2 atom stereocenters. The fraction of sp³-hybridized carbons (Fsp3) is 0.917. The number of hydrogen-bond acceptors (Lipinski definition) is 3. The van der Waals surface area contributed by atoms with Gasteiger partial charge >= 0.3 is 5.97 Å². The molecule has 0 aromatic rings. The Hall–Kier alpha value is -0.570. The molecule has 2 unspecified atom stereocenters. The van der Waals surface area contributed by atoms with E-state index < -0.39 is 6.10 Å². The molecule has 0 radical (unpaired) electrons. The summed E-state index contributed by atoms with van der Waals surface area (Å²) in [6, 6.07) is 0. The molecule has 0 saturated carbocycles. The van der Waals surface area contributed by atoms with Gasteiger partial charge in [-0.3, -0.25) is 4.79 Å². The molecule has 0 heterocycles. The van der Waals surface area contributed by atoms with Crippen molar-refractivity contribution < 1.29 is 14.6 Å². The van der Waals surface area contributed by atoms with Gasteiger partial charge in [-0.15, -0.1) is 0 Å². The predicted octanol–water partition coefficient (Wildman–Crippen LogP) is 2.52. The first-order chi connectivity index (χ1) is 7.10. The second kappa shape index (κ2) is 8.72. The van der Waals surface area contributed by atoms with Gasteiger partial charge in [0.25, 0.3) is 0 Å². The Kier molecular flexibility index (Phi) is 8.38. The second-order valence-electron chi connectivity index (χ2n) is 4.17. The van der Waals surface area contributed by atoms with E-state index in [-0.39, 0.29) is 12.4 Å². The van der Waals surface area contributed by atoms with Crippen LogP contribution in [0.2, 0.25) is 0 Å². The largest absolute Gasteiger partial charge is 0.466 e. The van der Waals surface area contributed by atoms with Crippen molar-refractivity contribution >= 4 is 5.97 Å². The van der Waals surface area contributed by atoms with E-state index in [0.29, 0.717) is 18.9 Å². The Morgan fingerprint density at radius 1 is 1.33 bits per heavy atom. The molecule has 0 aromatic carbocycles. The van der Waals surface area contributed by atoms with Crippen LogP contribution in [0.15, 0.2) is 0 Å². The van der Waals surface area contributed by atoms with E-state index in [4.69, 9.17) is 4.74 Å². The zero-order chi connectivity index (χ0) is 11.7. The van der Waals surface area contributed by atoms with Crippen molar-refractivity contribution in [3.8, 4) is 0 Å². The lowest BCUT2D eigenvalue weighted by atomic mass is 10.1. The Balaban J connectivity index is 3.48. The highest BCUT2D eigenvalue weighted by molar-refractivity contribution is 5.69. The van der Waals surface area contributed by atoms with Gasteiger partial charge in [0.15, 0.2) is 0 Å². The molecule has 0 saturated heterocycles. The van der Waals surface area contributed by atoms with Crippen molar-refractivity contribution in [2.75, 3.05) is 6.61 Å². The molecule has 0 aromatic heterocycles. The van der Waals surface area contributed by atoms with Gasteiger partial charge in [0.05, 0.1) is 19.1 Å². The maximum Gasteiger partial charge on any atom is 0.308 e. The fourth-order valence-corrected chi connectivity index (χ4v) is 1.26. The highest BCUT2D eigenvalue weighted by Crippen LogP contribution is 2.07. The summed E-state index contributed by atoms with van der Waals surface area (Å²) in [5.74, 6) is 0.317. The Labute approximate surface area is 92.8 Å². The molecule has 0 bridgehead atoms. The number of aliphatic hydroxyl groups excluding tert-OH is 1. The molecular formula is C12H24O3. The smallest absolute Gasteiger partial charge is 0.308 e. The average molecular weight is 216 g/mol. The molecule has 0 amide bonds. The average Bonchev–Trinajstić information content (AvgIpc) is 2.17. The van der Waals surface area contributed by atoms with Gasteiger partial charge in [0, 0.05) is 0 Å². The van der Waals surface area contributed by atoms with Crippen LogP contribution in [0.25, 0.3) is 0 Å². The van der Waals surface area contributed by atoms with E-state index in [0.717, 1.165) is 19.3 Å². The third-order valence-corrected chi connectivity index (χ3v) is 2.59. The van der Waals surface area contributed by atoms with Crippen molar-refractivity contribution in [3.05, 3.63) is 0 Å². The highest BCUT2D eigenvalue weighted by atomic mass is 16.5. The van der Waals surface area contributed by atoms with Gasteiger partial charge in [-0.2, -0.15) is 0 Å². The first kappa shape index (κ1) is 14.4. The normalized spacial score (nSPS) is 14.7. The van der Waals surface area contributed by atoms with Crippen molar-refractivity contribution in [1.82, 2.24) is 0 Å². The summed E-state index contributed by atoms with van der Waals surface area (Å²) in [7, 11) is 0. The first-order valence-corrected chi connectivity index (χ1v) is 5.93. The van der Waals surface area contributed by atoms with Gasteiger partial charge in [-0.1, -0.05) is 33.6 Å². The van der Waals surface area contributed by atoms with Crippen LogP contribution in [0, 0.1) is 5.92 Å². The topological polar surface area (TPSA) is 46.5 Å². The summed E-state index contributed by atoms with van der Waals surface area (Å²) < 4.78 is 5.03. The monoisotopic (exact) mass is 216 g/mol. The van der Waals surface area contributed by atoms with Crippen LogP contribution in [0.4, 0.5) is 0 Å². The molecular weight excluding hydrogens is 192 g/mol. The minimum Gasteiger partial charge on any atom is -0.466 e. The minimum atomic E-state index is -0.536. The Bertz CT molecular complexity index is 168. The zero-order valence-electron chi connectivity index (χ0n) is 10.2. The summed E-state index contributed by atoms with van der Waals surface area (Å²) in [5, 5.41) is 9.37. The molecule has 0 fully saturated rings. The molecule has 3 heteroatoms.